The Hall–Kier alpha value is -1.28. The van der Waals surface area contributed by atoms with Crippen LogP contribution in [-0.2, 0) is 4.74 Å². The van der Waals surface area contributed by atoms with E-state index in [1.165, 1.54) is 56.2 Å². The quantitative estimate of drug-likeness (QED) is 0.704. The second kappa shape index (κ2) is 6.32. The highest BCUT2D eigenvalue weighted by molar-refractivity contribution is 5.46. The lowest BCUT2D eigenvalue weighted by Gasteiger charge is -2.47. The molecule has 0 aromatic heterocycles. The van der Waals surface area contributed by atoms with E-state index in [9.17, 15) is 0 Å². The molecule has 0 N–H and O–H groups in total. The molecule has 3 aliphatic rings. The Morgan fingerprint density at radius 1 is 0.913 bits per heavy atom. The first-order chi connectivity index (χ1) is 11.2. The van der Waals surface area contributed by atoms with E-state index >= 15 is 0 Å². The van der Waals surface area contributed by atoms with Gasteiger partial charge in [0.1, 0.15) is 0 Å². The number of benzene rings is 1. The van der Waals surface area contributed by atoms with E-state index < -0.39 is 0 Å². The van der Waals surface area contributed by atoms with E-state index in [0.29, 0.717) is 17.9 Å². The van der Waals surface area contributed by atoms with Crippen LogP contribution in [0, 0.1) is 11.8 Å². The first-order valence-electron chi connectivity index (χ1n) is 9.37. The summed E-state index contributed by atoms with van der Waals surface area (Å²) in [7, 11) is 4.20. The summed E-state index contributed by atoms with van der Waals surface area (Å²) in [4.78, 5) is 2.16. The van der Waals surface area contributed by atoms with Crippen molar-refractivity contribution in [2.24, 2.45) is 11.8 Å². The Bertz CT molecular complexity index is 574. The minimum absolute atomic E-state index is 0.275. The third kappa shape index (κ3) is 2.82. The second-order valence-electron chi connectivity index (χ2n) is 7.71. The van der Waals surface area contributed by atoms with Crippen LogP contribution in [0.1, 0.15) is 56.6 Å². The number of anilines is 1. The van der Waals surface area contributed by atoms with Gasteiger partial charge in [0.15, 0.2) is 0 Å². The zero-order chi connectivity index (χ0) is 15.8. The van der Waals surface area contributed by atoms with Gasteiger partial charge in [-0.25, -0.2) is 0 Å². The van der Waals surface area contributed by atoms with Crippen molar-refractivity contribution in [1.82, 2.24) is 0 Å². The summed E-state index contributed by atoms with van der Waals surface area (Å²) in [5, 5.41) is 0. The summed E-state index contributed by atoms with van der Waals surface area (Å²) < 4.78 is 6.69. The minimum Gasteiger partial charge on any atom is -0.378 e. The molecule has 2 heteroatoms. The van der Waals surface area contributed by atoms with Gasteiger partial charge < -0.3 is 9.64 Å². The van der Waals surface area contributed by atoms with Crippen molar-refractivity contribution in [3.05, 3.63) is 41.5 Å². The molecule has 0 unspecified atom stereocenters. The predicted molar refractivity (Wildman–Crippen MR) is 95.8 cm³/mol. The Labute approximate surface area is 140 Å². The number of allylic oxidation sites excluding steroid dienone is 1. The van der Waals surface area contributed by atoms with E-state index in [1.54, 1.807) is 5.57 Å². The molecule has 124 valence electrons. The van der Waals surface area contributed by atoms with Crippen molar-refractivity contribution < 1.29 is 4.74 Å². The third-order valence-corrected chi connectivity index (χ3v) is 6.08. The predicted octanol–water partition coefficient (Wildman–Crippen LogP) is 5.11. The van der Waals surface area contributed by atoms with Gasteiger partial charge in [-0.1, -0.05) is 36.6 Å². The third-order valence-electron chi connectivity index (χ3n) is 6.08. The molecule has 2 fully saturated rings. The fourth-order valence-electron chi connectivity index (χ4n) is 4.87. The lowest BCUT2D eigenvalue weighted by Crippen LogP contribution is -2.41. The van der Waals surface area contributed by atoms with Crippen LogP contribution >= 0.6 is 0 Å². The van der Waals surface area contributed by atoms with Crippen molar-refractivity contribution >= 4 is 5.69 Å². The molecule has 0 bridgehead atoms. The Morgan fingerprint density at radius 2 is 1.65 bits per heavy atom. The molecule has 4 rings (SSSR count). The molecule has 1 heterocycles. The molecule has 1 aromatic carbocycles. The molecule has 2 nitrogen and oxygen atoms in total. The van der Waals surface area contributed by atoms with Crippen molar-refractivity contribution in [3.63, 3.8) is 0 Å². The molecule has 1 saturated heterocycles. The molecular formula is C21H29NO. The number of ether oxygens (including phenoxy) is 1. The molecule has 0 spiro atoms. The number of hydrogen-bond donors (Lipinski definition) is 0. The summed E-state index contributed by atoms with van der Waals surface area (Å²) in [6, 6.07) is 9.04. The van der Waals surface area contributed by atoms with Crippen LogP contribution in [0.25, 0.3) is 0 Å². The molecule has 4 atom stereocenters. The Kier molecular flexibility index (Phi) is 4.19. The Balaban J connectivity index is 1.64. The van der Waals surface area contributed by atoms with Crippen LogP contribution in [0.4, 0.5) is 5.69 Å². The highest BCUT2D eigenvalue weighted by atomic mass is 16.5. The van der Waals surface area contributed by atoms with Crippen molar-refractivity contribution in [2.75, 3.05) is 19.0 Å². The molecule has 23 heavy (non-hydrogen) atoms. The van der Waals surface area contributed by atoms with Crippen molar-refractivity contribution in [2.45, 2.75) is 57.2 Å². The maximum Gasteiger partial charge on any atom is 0.0894 e. The van der Waals surface area contributed by atoms with E-state index in [-0.39, 0.29) is 6.10 Å². The topological polar surface area (TPSA) is 12.5 Å². The molecule has 0 radical (unpaired) electrons. The monoisotopic (exact) mass is 311 g/mol. The normalized spacial score (nSPS) is 33.4. The smallest absolute Gasteiger partial charge is 0.0894 e. The van der Waals surface area contributed by atoms with E-state index in [0.717, 1.165) is 0 Å². The lowest BCUT2D eigenvalue weighted by atomic mass is 9.68. The summed E-state index contributed by atoms with van der Waals surface area (Å²) in [5.74, 6) is 1.33. The van der Waals surface area contributed by atoms with Crippen LogP contribution in [-0.4, -0.2) is 20.2 Å². The van der Waals surface area contributed by atoms with Gasteiger partial charge >= 0.3 is 0 Å². The summed E-state index contributed by atoms with van der Waals surface area (Å²) >= 11 is 0. The number of rotatable bonds is 2. The molecular weight excluding hydrogens is 282 g/mol. The van der Waals surface area contributed by atoms with Gasteiger partial charge in [-0.15, -0.1) is 0 Å². The van der Waals surface area contributed by atoms with Crippen LogP contribution in [0.2, 0.25) is 0 Å². The first kappa shape index (κ1) is 15.3. The van der Waals surface area contributed by atoms with Crippen LogP contribution in [0.3, 0.4) is 0 Å². The fourth-order valence-corrected chi connectivity index (χ4v) is 4.87. The first-order valence-corrected chi connectivity index (χ1v) is 9.37. The zero-order valence-electron chi connectivity index (χ0n) is 14.5. The number of nitrogens with zero attached hydrogens (tertiary/aromatic N) is 1. The van der Waals surface area contributed by atoms with Gasteiger partial charge in [0.2, 0.25) is 0 Å². The summed E-state index contributed by atoms with van der Waals surface area (Å²) in [5.41, 5.74) is 4.38. The van der Waals surface area contributed by atoms with E-state index in [1.807, 2.05) is 0 Å². The van der Waals surface area contributed by atoms with Gasteiger partial charge in [0.25, 0.3) is 0 Å². The van der Waals surface area contributed by atoms with Gasteiger partial charge in [-0.05, 0) is 49.8 Å². The van der Waals surface area contributed by atoms with Crippen LogP contribution < -0.4 is 4.90 Å². The van der Waals surface area contributed by atoms with Gasteiger partial charge in [0, 0.05) is 31.6 Å². The van der Waals surface area contributed by atoms with E-state index in [2.05, 4.69) is 49.3 Å². The van der Waals surface area contributed by atoms with Crippen LogP contribution in [0.5, 0.6) is 0 Å². The van der Waals surface area contributed by atoms with Crippen molar-refractivity contribution in [3.8, 4) is 0 Å². The van der Waals surface area contributed by atoms with E-state index in [4.69, 9.17) is 4.74 Å². The molecule has 1 aliphatic heterocycles. The maximum atomic E-state index is 6.69. The highest BCUT2D eigenvalue weighted by Crippen LogP contribution is 2.51. The van der Waals surface area contributed by atoms with Gasteiger partial charge in [-0.2, -0.15) is 0 Å². The SMILES string of the molecule is CN(C)c1ccc([C@@H]2O[C@@H]3CCCC[C@@H]3C3=CCCC[C@H]32)cc1. The minimum atomic E-state index is 0.275. The second-order valence-corrected chi connectivity index (χ2v) is 7.71. The molecule has 2 aliphatic carbocycles. The number of fused-ring (bicyclic) bond motifs is 3. The van der Waals surface area contributed by atoms with Crippen molar-refractivity contribution in [1.29, 1.82) is 0 Å². The van der Waals surface area contributed by atoms with Gasteiger partial charge in [-0.3, -0.25) is 0 Å². The molecule has 0 amide bonds. The fraction of sp³-hybridized carbons (Fsp3) is 0.619. The largest absolute Gasteiger partial charge is 0.378 e. The zero-order valence-corrected chi connectivity index (χ0v) is 14.5. The maximum absolute atomic E-state index is 6.69. The number of hydrogen-bond acceptors (Lipinski definition) is 2. The molecule has 1 saturated carbocycles. The standard InChI is InChI=1S/C21H29NO/c1-22(2)16-13-11-15(12-14-16)21-19-9-4-3-7-17(19)18-8-5-6-10-20(18)23-21/h7,11-14,18-21H,3-6,8-10H2,1-2H3/t18-,19-,20-,21+/m1/s1. The summed E-state index contributed by atoms with van der Waals surface area (Å²) in [6.45, 7) is 0. The average Bonchev–Trinajstić information content (AvgIpc) is 2.61. The highest BCUT2D eigenvalue weighted by Gasteiger charge is 2.43. The van der Waals surface area contributed by atoms with Gasteiger partial charge in [0.05, 0.1) is 12.2 Å². The Morgan fingerprint density at radius 3 is 2.43 bits per heavy atom. The summed E-state index contributed by atoms with van der Waals surface area (Å²) in [6.07, 6.45) is 12.5. The van der Waals surface area contributed by atoms with Crippen LogP contribution in [0.15, 0.2) is 35.9 Å². The molecule has 1 aromatic rings. The average molecular weight is 311 g/mol. The lowest BCUT2D eigenvalue weighted by molar-refractivity contribution is -0.106.